The lowest BCUT2D eigenvalue weighted by Gasteiger charge is -2.12. The fourth-order valence-electron chi connectivity index (χ4n) is 4.67. The Morgan fingerprint density at radius 1 is 0.688 bits per heavy atom. The number of carbonyl (C=O) groups excluding carboxylic acids is 1. The number of carbonyl (C=O) groups is 1. The predicted molar refractivity (Wildman–Crippen MR) is 134 cm³/mol. The van der Waals surface area contributed by atoms with Crippen LogP contribution in [0, 0.1) is 0 Å². The number of hydrogen-bond donors (Lipinski definition) is 0. The molecule has 2 nitrogen and oxygen atoms in total. The van der Waals surface area contributed by atoms with E-state index >= 15 is 0 Å². The van der Waals surface area contributed by atoms with Crippen molar-refractivity contribution in [2.24, 2.45) is 0 Å². The molecule has 0 saturated carbocycles. The van der Waals surface area contributed by atoms with Gasteiger partial charge < -0.3 is 4.74 Å². The van der Waals surface area contributed by atoms with Crippen LogP contribution in [0.4, 0.5) is 0 Å². The summed E-state index contributed by atoms with van der Waals surface area (Å²) in [5.74, 6) is 0.805. The molecule has 0 fully saturated rings. The number of hydrogen-bond acceptors (Lipinski definition) is 2. The van der Waals surface area contributed by atoms with E-state index in [1.54, 1.807) is 13.2 Å². The molecule has 152 valence electrons. The van der Waals surface area contributed by atoms with E-state index in [4.69, 9.17) is 4.74 Å². The highest BCUT2D eigenvalue weighted by Gasteiger charge is 2.10. The minimum atomic E-state index is -0.00610. The van der Waals surface area contributed by atoms with Gasteiger partial charge in [-0.3, -0.25) is 4.79 Å². The maximum Gasteiger partial charge on any atom is 0.185 e. The van der Waals surface area contributed by atoms with Gasteiger partial charge in [-0.15, -0.1) is 0 Å². The number of allylic oxidation sites excluding steroid dienone is 1. The van der Waals surface area contributed by atoms with Crippen molar-refractivity contribution in [1.29, 1.82) is 0 Å². The maximum atomic E-state index is 12.9. The summed E-state index contributed by atoms with van der Waals surface area (Å²) < 4.78 is 5.29. The monoisotopic (exact) mass is 412 g/mol. The molecule has 0 saturated heterocycles. The van der Waals surface area contributed by atoms with Crippen molar-refractivity contribution >= 4 is 54.9 Å². The molecule has 0 amide bonds. The van der Waals surface area contributed by atoms with Crippen LogP contribution in [0.2, 0.25) is 0 Å². The topological polar surface area (TPSA) is 26.3 Å². The molecule has 2 heteroatoms. The zero-order valence-electron chi connectivity index (χ0n) is 17.6. The summed E-state index contributed by atoms with van der Waals surface area (Å²) in [7, 11) is 1.66. The summed E-state index contributed by atoms with van der Waals surface area (Å²) in [5, 5.41) is 9.49. The van der Waals surface area contributed by atoms with Gasteiger partial charge in [0, 0.05) is 5.56 Å². The van der Waals surface area contributed by atoms with Gasteiger partial charge in [0.25, 0.3) is 0 Å². The van der Waals surface area contributed by atoms with Crippen LogP contribution in [-0.4, -0.2) is 12.9 Å². The molecule has 0 aliphatic carbocycles. The van der Waals surface area contributed by atoms with Crippen molar-refractivity contribution in [2.45, 2.75) is 0 Å². The summed E-state index contributed by atoms with van der Waals surface area (Å²) in [4.78, 5) is 12.9. The van der Waals surface area contributed by atoms with Crippen LogP contribution in [0.5, 0.6) is 5.75 Å². The van der Waals surface area contributed by atoms with Crippen molar-refractivity contribution < 1.29 is 9.53 Å². The normalized spacial score (nSPS) is 11.9. The molecule has 0 radical (unpaired) electrons. The molecule has 0 spiro atoms. The minimum absolute atomic E-state index is 0.00610. The molecular formula is C30H20O2. The Morgan fingerprint density at radius 3 is 2.16 bits per heavy atom. The quantitative estimate of drug-likeness (QED) is 0.169. The first-order valence-electron chi connectivity index (χ1n) is 10.7. The molecule has 0 bridgehead atoms. The van der Waals surface area contributed by atoms with Crippen molar-refractivity contribution in [3.8, 4) is 5.75 Å². The average molecular weight is 412 g/mol. The lowest BCUT2D eigenvalue weighted by atomic mass is 9.92. The van der Waals surface area contributed by atoms with Crippen molar-refractivity contribution in [2.75, 3.05) is 7.11 Å². The van der Waals surface area contributed by atoms with Gasteiger partial charge in [0.15, 0.2) is 5.78 Å². The molecule has 32 heavy (non-hydrogen) atoms. The Hall–Kier alpha value is -4.17. The van der Waals surface area contributed by atoms with Gasteiger partial charge in [-0.05, 0) is 72.9 Å². The Kier molecular flexibility index (Phi) is 4.19. The SMILES string of the molecule is COc1ccc2cc(C(=O)/C=C/c3ccc4ccc5cccc6ccc3c4c56)ccc2c1. The van der Waals surface area contributed by atoms with Crippen LogP contribution in [0.25, 0.3) is 49.2 Å². The standard InChI is InChI=1S/C30H20O2/c1-32-26-14-11-23-17-25(10-9-24(23)18-26)28(31)16-13-19-5-6-22-8-7-20-3-2-4-21-12-15-27(19)30(22)29(20)21/h2-18H,1H3/b16-13+. The minimum Gasteiger partial charge on any atom is -0.497 e. The molecule has 0 heterocycles. The Morgan fingerprint density at radius 2 is 1.34 bits per heavy atom. The predicted octanol–water partition coefficient (Wildman–Crippen LogP) is 7.64. The first-order chi connectivity index (χ1) is 15.7. The van der Waals surface area contributed by atoms with E-state index in [1.165, 1.54) is 32.3 Å². The van der Waals surface area contributed by atoms with Gasteiger partial charge in [-0.1, -0.05) is 78.9 Å². The zero-order chi connectivity index (χ0) is 21.7. The Labute approximate surface area is 185 Å². The van der Waals surface area contributed by atoms with Gasteiger partial charge in [0.1, 0.15) is 5.75 Å². The molecule has 6 rings (SSSR count). The summed E-state index contributed by atoms with van der Waals surface area (Å²) in [6.07, 6.45) is 3.61. The van der Waals surface area contributed by atoms with Crippen LogP contribution >= 0.6 is 0 Å². The summed E-state index contributed by atoms with van der Waals surface area (Å²) in [6.45, 7) is 0. The highest BCUT2D eigenvalue weighted by molar-refractivity contribution is 6.24. The second kappa shape index (κ2) is 7.21. The third kappa shape index (κ3) is 2.92. The van der Waals surface area contributed by atoms with E-state index in [2.05, 4.69) is 54.6 Å². The number of ketones is 1. The Balaban J connectivity index is 1.41. The van der Waals surface area contributed by atoms with Crippen molar-refractivity contribution in [3.05, 3.63) is 108 Å². The molecule has 0 unspecified atom stereocenters. The van der Waals surface area contributed by atoms with Gasteiger partial charge in [0.2, 0.25) is 0 Å². The van der Waals surface area contributed by atoms with Gasteiger partial charge in [-0.2, -0.15) is 0 Å². The largest absolute Gasteiger partial charge is 0.497 e. The number of ether oxygens (including phenoxy) is 1. The van der Waals surface area contributed by atoms with Crippen molar-refractivity contribution in [3.63, 3.8) is 0 Å². The molecule has 6 aromatic rings. The molecule has 0 aromatic heterocycles. The average Bonchev–Trinajstić information content (AvgIpc) is 2.85. The molecule has 6 aromatic carbocycles. The van der Waals surface area contributed by atoms with Crippen LogP contribution in [0.15, 0.2) is 97.1 Å². The van der Waals surface area contributed by atoms with Crippen LogP contribution in [-0.2, 0) is 0 Å². The third-order valence-electron chi connectivity index (χ3n) is 6.31. The lowest BCUT2D eigenvalue weighted by molar-refractivity contribution is 0.104. The number of rotatable bonds is 4. The lowest BCUT2D eigenvalue weighted by Crippen LogP contribution is -1.94. The highest BCUT2D eigenvalue weighted by atomic mass is 16.5. The van der Waals surface area contributed by atoms with Crippen LogP contribution in [0.3, 0.4) is 0 Å². The van der Waals surface area contributed by atoms with E-state index in [0.717, 1.165) is 22.1 Å². The number of benzene rings is 6. The summed E-state index contributed by atoms with van der Waals surface area (Å²) >= 11 is 0. The molecule has 0 aliphatic heterocycles. The smallest absolute Gasteiger partial charge is 0.185 e. The second-order valence-corrected chi connectivity index (χ2v) is 8.14. The first-order valence-corrected chi connectivity index (χ1v) is 10.7. The third-order valence-corrected chi connectivity index (χ3v) is 6.31. The molecular weight excluding hydrogens is 392 g/mol. The first kappa shape index (κ1) is 18.6. The molecule has 0 atom stereocenters. The summed E-state index contributed by atoms with van der Waals surface area (Å²) in [5.41, 5.74) is 1.73. The van der Waals surface area contributed by atoms with Crippen molar-refractivity contribution in [1.82, 2.24) is 0 Å². The van der Waals surface area contributed by atoms with E-state index in [9.17, 15) is 4.79 Å². The summed E-state index contributed by atoms with van der Waals surface area (Å²) in [6, 6.07) is 31.0. The molecule has 0 N–H and O–H groups in total. The van der Waals surface area contributed by atoms with E-state index in [-0.39, 0.29) is 5.78 Å². The van der Waals surface area contributed by atoms with Gasteiger partial charge >= 0.3 is 0 Å². The van der Waals surface area contributed by atoms with E-state index in [1.807, 2.05) is 42.5 Å². The maximum absolute atomic E-state index is 12.9. The van der Waals surface area contributed by atoms with Crippen LogP contribution < -0.4 is 4.74 Å². The number of methoxy groups -OCH3 is 1. The molecule has 0 aliphatic rings. The Bertz CT molecular complexity index is 1660. The van der Waals surface area contributed by atoms with Crippen LogP contribution in [0.1, 0.15) is 15.9 Å². The number of fused-ring (bicyclic) bond motifs is 1. The fourth-order valence-corrected chi connectivity index (χ4v) is 4.67. The van der Waals surface area contributed by atoms with E-state index in [0.29, 0.717) is 5.56 Å². The second-order valence-electron chi connectivity index (χ2n) is 8.14. The zero-order valence-corrected chi connectivity index (χ0v) is 17.6. The van der Waals surface area contributed by atoms with E-state index < -0.39 is 0 Å². The van der Waals surface area contributed by atoms with Gasteiger partial charge in [-0.25, -0.2) is 0 Å². The fraction of sp³-hybridized carbons (Fsp3) is 0.0333. The van der Waals surface area contributed by atoms with Gasteiger partial charge in [0.05, 0.1) is 7.11 Å². The highest BCUT2D eigenvalue weighted by Crippen LogP contribution is 2.36.